The van der Waals surface area contributed by atoms with Crippen molar-refractivity contribution in [1.29, 1.82) is 0 Å². The summed E-state index contributed by atoms with van der Waals surface area (Å²) in [4.78, 5) is 10.3. The molecule has 0 amide bonds. The number of hydrogen-bond donors (Lipinski definition) is 4. The molecular weight excluding hydrogens is 323 g/mol. The third-order valence-electron chi connectivity index (χ3n) is 3.49. The first-order chi connectivity index (χ1) is 10.7. The summed E-state index contributed by atoms with van der Waals surface area (Å²) in [7, 11) is 0. The highest BCUT2D eigenvalue weighted by molar-refractivity contribution is 5.81. The van der Waals surface area contributed by atoms with Crippen LogP contribution >= 0.6 is 0 Å². The molecule has 9 nitrogen and oxygen atoms in total. The van der Waals surface area contributed by atoms with Crippen LogP contribution in [0.2, 0.25) is 0 Å². The van der Waals surface area contributed by atoms with Gasteiger partial charge in [-0.15, -0.1) is 0 Å². The first-order valence-electron chi connectivity index (χ1n) is 6.43. The lowest BCUT2D eigenvalue weighted by molar-refractivity contribution is -0.144. The molecule has 2 unspecified atom stereocenters. The SMILES string of the molecule is Nc1nc(C(F)(F)F)nc2c1ncn2[C@@H]1O[C@H](CO)C(O)C1O. The molecule has 0 saturated carbocycles. The molecule has 1 fully saturated rings. The molecule has 3 rings (SSSR count). The molecule has 2 aromatic rings. The minimum atomic E-state index is -4.82. The predicted molar refractivity (Wildman–Crippen MR) is 67.7 cm³/mol. The lowest BCUT2D eigenvalue weighted by Crippen LogP contribution is -2.33. The van der Waals surface area contributed by atoms with Crippen LogP contribution in [0.5, 0.6) is 0 Å². The Morgan fingerprint density at radius 2 is 1.96 bits per heavy atom. The minimum Gasteiger partial charge on any atom is -0.394 e. The Morgan fingerprint density at radius 1 is 1.26 bits per heavy atom. The van der Waals surface area contributed by atoms with E-state index < -0.39 is 49.0 Å². The van der Waals surface area contributed by atoms with E-state index in [1.165, 1.54) is 0 Å². The smallest absolute Gasteiger partial charge is 0.394 e. The van der Waals surface area contributed by atoms with Crippen LogP contribution in [0.3, 0.4) is 0 Å². The van der Waals surface area contributed by atoms with Crippen molar-refractivity contribution in [2.45, 2.75) is 30.7 Å². The van der Waals surface area contributed by atoms with E-state index >= 15 is 0 Å². The van der Waals surface area contributed by atoms with Gasteiger partial charge in [-0.05, 0) is 0 Å². The summed E-state index contributed by atoms with van der Waals surface area (Å²) in [5, 5.41) is 28.8. The minimum absolute atomic E-state index is 0.101. The number of halogens is 3. The third-order valence-corrected chi connectivity index (χ3v) is 3.49. The lowest BCUT2D eigenvalue weighted by Gasteiger charge is -2.17. The largest absolute Gasteiger partial charge is 0.451 e. The van der Waals surface area contributed by atoms with Crippen molar-refractivity contribution < 1.29 is 33.2 Å². The number of nitrogens with two attached hydrogens (primary N) is 1. The van der Waals surface area contributed by atoms with E-state index in [-0.39, 0.29) is 11.2 Å². The molecule has 2 aromatic heterocycles. The summed E-state index contributed by atoms with van der Waals surface area (Å²) in [6.07, 6.45) is -9.02. The van der Waals surface area contributed by atoms with Crippen molar-refractivity contribution in [2.75, 3.05) is 12.3 Å². The number of fused-ring (bicyclic) bond motifs is 1. The van der Waals surface area contributed by atoms with Crippen molar-refractivity contribution in [3.8, 4) is 0 Å². The molecule has 4 atom stereocenters. The summed E-state index contributed by atoms with van der Waals surface area (Å²) < 4.78 is 44.7. The van der Waals surface area contributed by atoms with Crippen LogP contribution in [0.1, 0.15) is 12.1 Å². The topological polar surface area (TPSA) is 140 Å². The molecule has 1 aliphatic heterocycles. The van der Waals surface area contributed by atoms with Gasteiger partial charge in [0.1, 0.15) is 23.8 Å². The average Bonchev–Trinajstić information content (AvgIpc) is 3.01. The van der Waals surface area contributed by atoms with Crippen molar-refractivity contribution in [1.82, 2.24) is 19.5 Å². The van der Waals surface area contributed by atoms with E-state index in [0.717, 1.165) is 10.9 Å². The van der Waals surface area contributed by atoms with E-state index in [1.54, 1.807) is 0 Å². The van der Waals surface area contributed by atoms with Crippen LogP contribution < -0.4 is 5.73 Å². The zero-order chi connectivity index (χ0) is 16.9. The fourth-order valence-corrected chi connectivity index (χ4v) is 2.36. The van der Waals surface area contributed by atoms with E-state index in [0.29, 0.717) is 0 Å². The predicted octanol–water partition coefficient (Wildman–Crippen LogP) is -0.961. The van der Waals surface area contributed by atoms with E-state index in [9.17, 15) is 23.4 Å². The van der Waals surface area contributed by atoms with Gasteiger partial charge in [0.15, 0.2) is 17.7 Å². The summed E-state index contributed by atoms with van der Waals surface area (Å²) in [6.45, 7) is -0.577. The Bertz CT molecular complexity index is 736. The van der Waals surface area contributed by atoms with Gasteiger partial charge in [-0.25, -0.2) is 15.0 Å². The summed E-state index contributed by atoms with van der Waals surface area (Å²) >= 11 is 0. The monoisotopic (exact) mass is 335 g/mol. The number of nitrogens with zero attached hydrogens (tertiary/aromatic N) is 4. The quantitative estimate of drug-likeness (QED) is 0.550. The number of rotatable bonds is 2. The number of alkyl halides is 3. The van der Waals surface area contributed by atoms with Gasteiger partial charge in [0, 0.05) is 0 Å². The zero-order valence-electron chi connectivity index (χ0n) is 11.3. The maximum atomic E-state index is 12.8. The Kier molecular flexibility index (Phi) is 3.63. The van der Waals surface area contributed by atoms with Gasteiger partial charge in [-0.2, -0.15) is 13.2 Å². The van der Waals surface area contributed by atoms with Gasteiger partial charge in [-0.3, -0.25) is 4.57 Å². The second kappa shape index (κ2) is 5.26. The van der Waals surface area contributed by atoms with Crippen LogP contribution in [0, 0.1) is 0 Å². The number of aromatic nitrogens is 4. The number of ether oxygens (including phenoxy) is 1. The van der Waals surface area contributed by atoms with Crippen LogP contribution in [0.25, 0.3) is 11.2 Å². The van der Waals surface area contributed by atoms with Crippen molar-refractivity contribution in [3.05, 3.63) is 12.2 Å². The van der Waals surface area contributed by atoms with Gasteiger partial charge < -0.3 is 25.8 Å². The van der Waals surface area contributed by atoms with Crippen LogP contribution in [-0.2, 0) is 10.9 Å². The average molecular weight is 335 g/mol. The van der Waals surface area contributed by atoms with Crippen LogP contribution in [0.15, 0.2) is 6.33 Å². The summed E-state index contributed by atoms with van der Waals surface area (Å²) in [5.41, 5.74) is 5.05. The normalized spacial score (nSPS) is 28.6. The first kappa shape index (κ1) is 15.9. The molecule has 0 aliphatic carbocycles. The number of imidazole rings is 1. The molecule has 12 heteroatoms. The summed E-state index contributed by atoms with van der Waals surface area (Å²) in [5.74, 6) is -1.94. The number of nitrogen functional groups attached to an aromatic ring is 1. The van der Waals surface area contributed by atoms with E-state index in [2.05, 4.69) is 15.0 Å². The van der Waals surface area contributed by atoms with Gasteiger partial charge in [-0.1, -0.05) is 0 Å². The van der Waals surface area contributed by atoms with Crippen molar-refractivity contribution >= 4 is 17.0 Å². The van der Waals surface area contributed by atoms with E-state index in [1.807, 2.05) is 0 Å². The van der Waals surface area contributed by atoms with Crippen LogP contribution in [-0.4, -0.2) is 59.8 Å². The number of hydrogen-bond acceptors (Lipinski definition) is 8. The van der Waals surface area contributed by atoms with Gasteiger partial charge >= 0.3 is 6.18 Å². The van der Waals surface area contributed by atoms with Gasteiger partial charge in [0.2, 0.25) is 5.82 Å². The Labute approximate surface area is 126 Å². The molecule has 5 N–H and O–H groups in total. The molecule has 0 aromatic carbocycles. The lowest BCUT2D eigenvalue weighted by atomic mass is 10.1. The fourth-order valence-electron chi connectivity index (χ4n) is 2.36. The van der Waals surface area contributed by atoms with E-state index in [4.69, 9.17) is 15.6 Å². The maximum Gasteiger partial charge on any atom is 0.451 e. The van der Waals surface area contributed by atoms with Crippen molar-refractivity contribution in [2.24, 2.45) is 0 Å². The van der Waals surface area contributed by atoms with Crippen LogP contribution in [0.4, 0.5) is 19.0 Å². The molecule has 0 radical (unpaired) electrons. The maximum absolute atomic E-state index is 12.8. The van der Waals surface area contributed by atoms with Crippen molar-refractivity contribution in [3.63, 3.8) is 0 Å². The van der Waals surface area contributed by atoms with Gasteiger partial charge in [0.05, 0.1) is 12.9 Å². The second-order valence-corrected chi connectivity index (χ2v) is 4.98. The third kappa shape index (κ3) is 2.49. The fraction of sp³-hybridized carbons (Fsp3) is 0.545. The number of anilines is 1. The highest BCUT2D eigenvalue weighted by atomic mass is 19.4. The molecule has 126 valence electrons. The number of aliphatic hydroxyl groups is 3. The molecule has 3 heterocycles. The molecular formula is C11H12F3N5O4. The zero-order valence-corrected chi connectivity index (χ0v) is 11.3. The Balaban J connectivity index is 2.10. The molecule has 0 spiro atoms. The standard InChI is InChI=1S/C11H12F3N5O4/c12-11(13,14)10-17-7(15)4-8(18-10)19(2-16-4)9-6(22)5(21)3(1-20)23-9/h2-3,5-6,9,20-22H,1H2,(H2,15,17,18)/t3-,5?,6?,9-/m1/s1. The molecule has 0 bridgehead atoms. The molecule has 1 aliphatic rings. The summed E-state index contributed by atoms with van der Waals surface area (Å²) in [6, 6.07) is 0. The second-order valence-electron chi connectivity index (χ2n) is 4.98. The number of aliphatic hydroxyl groups excluding tert-OH is 3. The highest BCUT2D eigenvalue weighted by Crippen LogP contribution is 2.33. The molecule has 1 saturated heterocycles. The molecule has 23 heavy (non-hydrogen) atoms. The Hall–Kier alpha value is -2.02. The van der Waals surface area contributed by atoms with Gasteiger partial charge in [0.25, 0.3) is 0 Å². The first-order valence-corrected chi connectivity index (χ1v) is 6.43. The highest BCUT2D eigenvalue weighted by Gasteiger charge is 2.44. The Morgan fingerprint density at radius 3 is 2.52 bits per heavy atom.